The van der Waals surface area contributed by atoms with Crippen molar-refractivity contribution in [2.45, 2.75) is 6.92 Å². The highest BCUT2D eigenvalue weighted by atomic mass is 79.9. The van der Waals surface area contributed by atoms with Crippen molar-refractivity contribution in [1.82, 2.24) is 4.98 Å². The molecule has 16 heavy (non-hydrogen) atoms. The molecule has 6 heteroatoms. The van der Waals surface area contributed by atoms with E-state index >= 15 is 0 Å². The fourth-order valence-corrected chi connectivity index (χ4v) is 1.43. The maximum Gasteiger partial charge on any atom is 0.330 e. The smallest absolute Gasteiger partial charge is 0.330 e. The molecule has 0 atom stereocenters. The second-order valence-corrected chi connectivity index (χ2v) is 3.97. The lowest BCUT2D eigenvalue weighted by molar-refractivity contribution is -0.137. The maximum atomic E-state index is 11.1. The molecule has 0 fully saturated rings. The fourth-order valence-electron chi connectivity index (χ4n) is 1.10. The van der Waals surface area contributed by atoms with Gasteiger partial charge >= 0.3 is 5.97 Å². The molecule has 0 aliphatic heterocycles. The molecule has 0 saturated carbocycles. The molecule has 0 bridgehead atoms. The standard InChI is InChI=1S/C10H12BBrN2O2/c1-2-16-8(15)4-3-6-5-7(12)9(11)14-10(6)13/h3-5H,2,11H2,1H3,(H2,13,14)/b4-3+. The number of esters is 1. The van der Waals surface area contributed by atoms with Crippen LogP contribution in [-0.4, -0.2) is 25.4 Å². The van der Waals surface area contributed by atoms with Crippen molar-refractivity contribution in [2.75, 3.05) is 12.3 Å². The van der Waals surface area contributed by atoms with E-state index in [1.54, 1.807) is 13.0 Å². The SMILES string of the molecule is Bc1nc(N)c(/C=C/C(=O)OCC)cc1Br. The number of nitrogen functional groups attached to an aromatic ring is 1. The Balaban J connectivity index is 2.89. The predicted octanol–water partition coefficient (Wildman–Crippen LogP) is 0.261. The van der Waals surface area contributed by atoms with Gasteiger partial charge in [0, 0.05) is 21.7 Å². The molecule has 1 aromatic heterocycles. The Kier molecular flexibility index (Phi) is 4.55. The number of nitrogens with zero attached hydrogens (tertiary/aromatic N) is 1. The third kappa shape index (κ3) is 3.38. The third-order valence-corrected chi connectivity index (χ3v) is 2.70. The minimum absolute atomic E-state index is 0.356. The lowest BCUT2D eigenvalue weighted by atomic mass is 10.0. The predicted molar refractivity (Wildman–Crippen MR) is 70.2 cm³/mol. The molecule has 1 aromatic rings. The van der Waals surface area contributed by atoms with Gasteiger partial charge in [-0.15, -0.1) is 0 Å². The van der Waals surface area contributed by atoms with Gasteiger partial charge in [-0.2, -0.15) is 0 Å². The summed E-state index contributed by atoms with van der Waals surface area (Å²) in [6, 6.07) is 1.81. The number of anilines is 1. The van der Waals surface area contributed by atoms with E-state index in [1.165, 1.54) is 6.08 Å². The van der Waals surface area contributed by atoms with E-state index in [1.807, 2.05) is 13.9 Å². The first-order chi connectivity index (χ1) is 7.54. The number of hydrogen-bond donors (Lipinski definition) is 1. The number of carbonyl (C=O) groups excluding carboxylic acids is 1. The number of pyridine rings is 1. The Morgan fingerprint density at radius 1 is 1.75 bits per heavy atom. The number of aromatic nitrogens is 1. The van der Waals surface area contributed by atoms with E-state index in [-0.39, 0.29) is 0 Å². The second-order valence-electron chi connectivity index (χ2n) is 3.12. The average Bonchev–Trinajstić information content (AvgIpc) is 2.22. The maximum absolute atomic E-state index is 11.1. The lowest BCUT2D eigenvalue weighted by Gasteiger charge is -2.03. The summed E-state index contributed by atoms with van der Waals surface area (Å²) in [5.74, 6) is -0.000143. The first-order valence-electron chi connectivity index (χ1n) is 4.82. The molecule has 0 saturated heterocycles. The van der Waals surface area contributed by atoms with Crippen LogP contribution in [0.5, 0.6) is 0 Å². The quantitative estimate of drug-likeness (QED) is 0.491. The molecule has 0 radical (unpaired) electrons. The molecule has 4 nitrogen and oxygen atoms in total. The summed E-state index contributed by atoms with van der Waals surface area (Å²) in [5, 5.41) is 0. The van der Waals surface area contributed by atoms with Crippen LogP contribution in [0.15, 0.2) is 16.6 Å². The second kappa shape index (κ2) is 5.70. The molecule has 0 unspecified atom stereocenters. The third-order valence-electron chi connectivity index (χ3n) is 1.90. The minimum Gasteiger partial charge on any atom is -0.463 e. The first-order valence-corrected chi connectivity index (χ1v) is 5.61. The van der Waals surface area contributed by atoms with Gasteiger partial charge in [-0.3, -0.25) is 0 Å². The molecule has 84 valence electrons. The summed E-state index contributed by atoms with van der Waals surface area (Å²) in [6.07, 6.45) is 2.92. The van der Waals surface area contributed by atoms with Crippen LogP contribution < -0.4 is 11.3 Å². The van der Waals surface area contributed by atoms with Crippen LogP contribution in [0.2, 0.25) is 0 Å². The van der Waals surface area contributed by atoms with E-state index in [9.17, 15) is 4.79 Å². The van der Waals surface area contributed by atoms with Crippen molar-refractivity contribution in [3.63, 3.8) is 0 Å². The van der Waals surface area contributed by atoms with Crippen molar-refractivity contribution in [1.29, 1.82) is 0 Å². The van der Waals surface area contributed by atoms with Gasteiger partial charge in [0.1, 0.15) is 5.82 Å². The van der Waals surface area contributed by atoms with Gasteiger partial charge in [0.25, 0.3) is 0 Å². The normalized spacial score (nSPS) is 10.6. The van der Waals surface area contributed by atoms with Gasteiger partial charge < -0.3 is 10.5 Å². The minimum atomic E-state index is -0.390. The van der Waals surface area contributed by atoms with E-state index in [0.29, 0.717) is 18.0 Å². The van der Waals surface area contributed by atoms with Crippen LogP contribution >= 0.6 is 15.9 Å². The number of halogens is 1. The van der Waals surface area contributed by atoms with Crippen LogP contribution in [0.3, 0.4) is 0 Å². The topological polar surface area (TPSA) is 65.2 Å². The Morgan fingerprint density at radius 2 is 2.44 bits per heavy atom. The summed E-state index contributed by atoms with van der Waals surface area (Å²) in [7, 11) is 1.85. The molecule has 0 aromatic carbocycles. The van der Waals surface area contributed by atoms with Crippen LogP contribution in [-0.2, 0) is 9.53 Å². The summed E-state index contributed by atoms with van der Waals surface area (Å²) >= 11 is 3.35. The van der Waals surface area contributed by atoms with Gasteiger partial charge in [-0.05, 0) is 35.0 Å². The van der Waals surface area contributed by atoms with Gasteiger partial charge in [-0.25, -0.2) is 9.78 Å². The van der Waals surface area contributed by atoms with Crippen molar-refractivity contribution in [3.05, 3.63) is 22.2 Å². The number of ether oxygens (including phenoxy) is 1. The number of nitrogens with two attached hydrogens (primary N) is 1. The average molecular weight is 283 g/mol. The molecule has 0 amide bonds. The molecule has 0 spiro atoms. The summed E-state index contributed by atoms with van der Waals surface area (Å²) in [5.41, 5.74) is 7.21. The van der Waals surface area contributed by atoms with Gasteiger partial charge in [0.2, 0.25) is 0 Å². The molecule has 1 rings (SSSR count). The van der Waals surface area contributed by atoms with Crippen LogP contribution in [0.25, 0.3) is 6.08 Å². The Hall–Kier alpha value is -1.30. The fraction of sp³-hybridized carbons (Fsp3) is 0.200. The number of hydrogen-bond acceptors (Lipinski definition) is 4. The first kappa shape index (κ1) is 12.8. The molecular weight excluding hydrogens is 271 g/mol. The summed E-state index contributed by atoms with van der Waals surface area (Å²) in [4.78, 5) is 15.2. The monoisotopic (exact) mass is 282 g/mol. The van der Waals surface area contributed by atoms with E-state index in [2.05, 4.69) is 20.9 Å². The molecule has 0 aliphatic rings. The zero-order chi connectivity index (χ0) is 12.1. The van der Waals surface area contributed by atoms with Gasteiger partial charge in [-0.1, -0.05) is 0 Å². The van der Waals surface area contributed by atoms with Gasteiger partial charge in [0.05, 0.1) is 6.61 Å². The van der Waals surface area contributed by atoms with E-state index in [4.69, 9.17) is 10.5 Å². The Labute approximate surface area is 103 Å². The largest absolute Gasteiger partial charge is 0.463 e. The summed E-state index contributed by atoms with van der Waals surface area (Å²) in [6.45, 7) is 2.11. The number of carbonyl (C=O) groups is 1. The highest BCUT2D eigenvalue weighted by Gasteiger charge is 2.03. The molecule has 1 heterocycles. The highest BCUT2D eigenvalue weighted by molar-refractivity contribution is 9.10. The van der Waals surface area contributed by atoms with Crippen LogP contribution in [0, 0.1) is 0 Å². The van der Waals surface area contributed by atoms with Gasteiger partial charge in [0.15, 0.2) is 7.85 Å². The molecular formula is C10H12BBrN2O2. The van der Waals surface area contributed by atoms with E-state index in [0.717, 1.165) is 10.1 Å². The van der Waals surface area contributed by atoms with Crippen molar-refractivity contribution >= 4 is 47.2 Å². The number of rotatable bonds is 3. The van der Waals surface area contributed by atoms with Crippen LogP contribution in [0.4, 0.5) is 5.82 Å². The summed E-state index contributed by atoms with van der Waals surface area (Å²) < 4.78 is 5.61. The zero-order valence-corrected chi connectivity index (χ0v) is 10.7. The molecule has 0 aliphatic carbocycles. The van der Waals surface area contributed by atoms with Crippen molar-refractivity contribution < 1.29 is 9.53 Å². The zero-order valence-electron chi connectivity index (χ0n) is 9.16. The Bertz CT molecular complexity index is 435. The lowest BCUT2D eigenvalue weighted by Crippen LogP contribution is -2.13. The van der Waals surface area contributed by atoms with Crippen molar-refractivity contribution in [2.24, 2.45) is 0 Å². The highest BCUT2D eigenvalue weighted by Crippen LogP contribution is 2.14. The van der Waals surface area contributed by atoms with Crippen molar-refractivity contribution in [3.8, 4) is 0 Å². The Morgan fingerprint density at radius 3 is 3.06 bits per heavy atom. The van der Waals surface area contributed by atoms with Crippen LogP contribution in [0.1, 0.15) is 12.5 Å². The van der Waals surface area contributed by atoms with E-state index < -0.39 is 5.97 Å². The molecule has 2 N–H and O–H groups in total.